The van der Waals surface area contributed by atoms with Crippen molar-refractivity contribution in [2.45, 2.75) is 6.18 Å². The average molecular weight is 331 g/mol. The fraction of sp³-hybridized carbons (Fsp3) is 0.0833. The van der Waals surface area contributed by atoms with Gasteiger partial charge in [-0.15, -0.1) is 0 Å². The number of nitrogens with zero attached hydrogens (tertiary/aromatic N) is 3. The molecule has 0 aromatic carbocycles. The summed E-state index contributed by atoms with van der Waals surface area (Å²) in [7, 11) is 0. The number of nitrogens with two attached hydrogens (primary N) is 1. The lowest BCUT2D eigenvalue weighted by atomic mass is 10.2. The van der Waals surface area contributed by atoms with Crippen LogP contribution in [0, 0.1) is 0 Å². The molecule has 0 aliphatic rings. The molecule has 0 saturated carbocycles. The van der Waals surface area contributed by atoms with Gasteiger partial charge in [-0.2, -0.15) is 18.3 Å². The third-order valence-electron chi connectivity index (χ3n) is 2.83. The summed E-state index contributed by atoms with van der Waals surface area (Å²) in [5.41, 5.74) is 2.97. The third-order valence-corrected chi connectivity index (χ3v) is 3.18. The van der Waals surface area contributed by atoms with Crippen molar-refractivity contribution in [2.75, 3.05) is 0 Å². The SMILES string of the molecule is NC(=O)c1nn2c(C(F)(F)F)cc(-c3ccco3)nc2c1Cl. The lowest BCUT2D eigenvalue weighted by Crippen LogP contribution is -2.15. The zero-order valence-electron chi connectivity index (χ0n) is 10.6. The first kappa shape index (κ1) is 14.4. The van der Waals surface area contributed by atoms with Crippen LogP contribution in [0.2, 0.25) is 5.02 Å². The minimum absolute atomic E-state index is 0.0948. The predicted molar refractivity (Wildman–Crippen MR) is 69.2 cm³/mol. The number of hydrogen-bond donors (Lipinski definition) is 1. The summed E-state index contributed by atoms with van der Waals surface area (Å²) in [6.07, 6.45) is -3.45. The van der Waals surface area contributed by atoms with Gasteiger partial charge in [-0.3, -0.25) is 4.79 Å². The molecule has 3 rings (SSSR count). The highest BCUT2D eigenvalue weighted by Crippen LogP contribution is 2.34. The standard InChI is InChI=1S/C12H6ClF3N4O2/c13-8-9(10(17)21)19-20-7(12(14,15)16)4-5(18-11(8)20)6-2-1-3-22-6/h1-4H,(H2,17,21). The van der Waals surface area contributed by atoms with Gasteiger partial charge >= 0.3 is 6.18 Å². The maximum atomic E-state index is 13.2. The van der Waals surface area contributed by atoms with Crippen molar-refractivity contribution >= 4 is 23.2 Å². The van der Waals surface area contributed by atoms with Crippen LogP contribution in [0.5, 0.6) is 0 Å². The van der Waals surface area contributed by atoms with Crippen LogP contribution in [-0.2, 0) is 6.18 Å². The highest BCUT2D eigenvalue weighted by atomic mass is 35.5. The number of primary amides is 1. The quantitative estimate of drug-likeness (QED) is 0.782. The molecule has 6 nitrogen and oxygen atoms in total. The first-order valence-corrected chi connectivity index (χ1v) is 6.17. The third kappa shape index (κ3) is 2.19. The van der Waals surface area contributed by atoms with Crippen LogP contribution in [0.15, 0.2) is 28.9 Å². The Morgan fingerprint density at radius 1 is 1.41 bits per heavy atom. The average Bonchev–Trinajstić information content (AvgIpc) is 3.05. The summed E-state index contributed by atoms with van der Waals surface area (Å²) in [4.78, 5) is 15.2. The Morgan fingerprint density at radius 2 is 2.14 bits per heavy atom. The summed E-state index contributed by atoms with van der Waals surface area (Å²) in [5, 5.41) is 3.14. The van der Waals surface area contributed by atoms with Gasteiger partial charge in [0.05, 0.1) is 6.26 Å². The number of fused-ring (bicyclic) bond motifs is 1. The molecule has 0 bridgehead atoms. The van der Waals surface area contributed by atoms with Gasteiger partial charge in [0, 0.05) is 0 Å². The molecule has 0 radical (unpaired) electrons. The van der Waals surface area contributed by atoms with Crippen LogP contribution in [0.25, 0.3) is 17.1 Å². The Hall–Kier alpha value is -2.55. The van der Waals surface area contributed by atoms with Gasteiger partial charge in [-0.25, -0.2) is 9.50 Å². The first-order chi connectivity index (χ1) is 10.3. The Labute approximate surface area is 125 Å². The molecular formula is C12H6ClF3N4O2. The van der Waals surface area contributed by atoms with Crippen molar-refractivity contribution in [3.05, 3.63) is 40.9 Å². The van der Waals surface area contributed by atoms with E-state index in [1.807, 2.05) is 0 Å². The van der Waals surface area contributed by atoms with Crippen molar-refractivity contribution in [3.63, 3.8) is 0 Å². The highest BCUT2D eigenvalue weighted by molar-refractivity contribution is 6.36. The predicted octanol–water partition coefficient (Wildman–Crippen LogP) is 2.76. The molecule has 0 aliphatic heterocycles. The van der Waals surface area contributed by atoms with Crippen LogP contribution >= 0.6 is 11.6 Å². The number of hydrogen-bond acceptors (Lipinski definition) is 4. The van der Waals surface area contributed by atoms with Gasteiger partial charge in [0.2, 0.25) is 0 Å². The van der Waals surface area contributed by atoms with Gasteiger partial charge in [0.15, 0.2) is 22.8 Å². The molecule has 0 saturated heterocycles. The van der Waals surface area contributed by atoms with Crippen LogP contribution in [0.4, 0.5) is 13.2 Å². The minimum Gasteiger partial charge on any atom is -0.463 e. The maximum absolute atomic E-state index is 13.2. The summed E-state index contributed by atoms with van der Waals surface area (Å²) in [6.45, 7) is 0. The number of alkyl halides is 3. The molecule has 0 fully saturated rings. The van der Waals surface area contributed by atoms with Crippen molar-refractivity contribution in [2.24, 2.45) is 5.73 Å². The molecule has 0 spiro atoms. The van der Waals surface area contributed by atoms with Crippen molar-refractivity contribution in [1.82, 2.24) is 14.6 Å². The highest BCUT2D eigenvalue weighted by Gasteiger charge is 2.36. The molecule has 3 aromatic rings. The smallest absolute Gasteiger partial charge is 0.433 e. The summed E-state index contributed by atoms with van der Waals surface area (Å²) >= 11 is 5.86. The summed E-state index contributed by atoms with van der Waals surface area (Å²) in [6, 6.07) is 3.69. The molecular weight excluding hydrogens is 325 g/mol. The van der Waals surface area contributed by atoms with E-state index in [1.54, 1.807) is 0 Å². The number of amides is 1. The number of halogens is 4. The second-order valence-corrected chi connectivity index (χ2v) is 4.64. The molecule has 10 heteroatoms. The van der Waals surface area contributed by atoms with E-state index in [0.29, 0.717) is 4.52 Å². The van der Waals surface area contributed by atoms with E-state index in [9.17, 15) is 18.0 Å². The largest absolute Gasteiger partial charge is 0.463 e. The lowest BCUT2D eigenvalue weighted by molar-refractivity contribution is -0.142. The minimum atomic E-state index is -4.74. The zero-order chi connectivity index (χ0) is 16.1. The van der Waals surface area contributed by atoms with E-state index in [0.717, 1.165) is 6.07 Å². The number of carbonyl (C=O) groups excluding carboxylic acids is 1. The van der Waals surface area contributed by atoms with Gasteiger partial charge < -0.3 is 10.2 Å². The van der Waals surface area contributed by atoms with E-state index < -0.39 is 23.5 Å². The number of aromatic nitrogens is 3. The van der Waals surface area contributed by atoms with Gasteiger partial charge in [0.1, 0.15) is 10.7 Å². The molecule has 114 valence electrons. The van der Waals surface area contributed by atoms with Crippen molar-refractivity contribution in [3.8, 4) is 11.5 Å². The van der Waals surface area contributed by atoms with Crippen LogP contribution in [-0.4, -0.2) is 20.5 Å². The number of rotatable bonds is 2. The summed E-state index contributed by atoms with van der Waals surface area (Å²) < 4.78 is 45.1. The summed E-state index contributed by atoms with van der Waals surface area (Å²) in [5.74, 6) is -0.936. The Balaban J connectivity index is 2.39. The van der Waals surface area contributed by atoms with E-state index in [1.165, 1.54) is 18.4 Å². The van der Waals surface area contributed by atoms with Crippen LogP contribution in [0.1, 0.15) is 16.2 Å². The lowest BCUT2D eigenvalue weighted by Gasteiger charge is -2.09. The second-order valence-electron chi connectivity index (χ2n) is 4.26. The maximum Gasteiger partial charge on any atom is 0.433 e. The Kier molecular flexibility index (Phi) is 3.10. The van der Waals surface area contributed by atoms with Gasteiger partial charge in [0.25, 0.3) is 5.91 Å². The molecule has 0 unspecified atom stereocenters. The van der Waals surface area contributed by atoms with Gasteiger partial charge in [-0.1, -0.05) is 11.6 Å². The molecule has 3 heterocycles. The molecule has 2 N–H and O–H groups in total. The molecule has 22 heavy (non-hydrogen) atoms. The topological polar surface area (TPSA) is 86.4 Å². The Morgan fingerprint density at radius 3 is 2.68 bits per heavy atom. The molecule has 1 amide bonds. The fourth-order valence-electron chi connectivity index (χ4n) is 1.90. The van der Waals surface area contributed by atoms with E-state index in [2.05, 4.69) is 10.1 Å². The number of carbonyl (C=O) groups is 1. The van der Waals surface area contributed by atoms with Crippen LogP contribution < -0.4 is 5.73 Å². The van der Waals surface area contributed by atoms with Crippen molar-refractivity contribution < 1.29 is 22.4 Å². The van der Waals surface area contributed by atoms with E-state index in [-0.39, 0.29) is 22.1 Å². The zero-order valence-corrected chi connectivity index (χ0v) is 11.3. The fourth-order valence-corrected chi connectivity index (χ4v) is 2.15. The first-order valence-electron chi connectivity index (χ1n) is 5.79. The van der Waals surface area contributed by atoms with E-state index >= 15 is 0 Å². The van der Waals surface area contributed by atoms with Crippen molar-refractivity contribution in [1.29, 1.82) is 0 Å². The molecule has 0 atom stereocenters. The molecule has 0 aliphatic carbocycles. The Bertz CT molecular complexity index is 871. The second kappa shape index (κ2) is 4.73. The molecule has 3 aromatic heterocycles. The monoisotopic (exact) mass is 330 g/mol. The van der Waals surface area contributed by atoms with Gasteiger partial charge in [-0.05, 0) is 18.2 Å². The number of furan rings is 1. The normalized spacial score (nSPS) is 12.0. The van der Waals surface area contributed by atoms with Crippen LogP contribution in [0.3, 0.4) is 0 Å². The van der Waals surface area contributed by atoms with E-state index in [4.69, 9.17) is 21.8 Å².